The molecule has 0 saturated carbocycles. The predicted molar refractivity (Wildman–Crippen MR) is 66.4 cm³/mol. The largest absolute Gasteiger partial charge is 0.480 e. The van der Waals surface area contributed by atoms with E-state index in [4.69, 9.17) is 5.11 Å². The number of carbonyl (C=O) groups is 2. The minimum Gasteiger partial charge on any atom is -0.480 e. The standard InChI is InChI=1S/C13H16N2O3/c1-8-3-4-9(2)10(5-8)11-6-15(7-12(16)17)13(18)14-11/h3-5,11H,6-7H2,1-2H3,(H,14,18)(H,16,17). The van der Waals surface area contributed by atoms with Crippen LogP contribution >= 0.6 is 0 Å². The first-order valence-electron chi connectivity index (χ1n) is 5.82. The van der Waals surface area contributed by atoms with E-state index >= 15 is 0 Å². The summed E-state index contributed by atoms with van der Waals surface area (Å²) in [6.45, 7) is 4.12. The molecule has 1 aromatic rings. The number of hydrogen-bond donors (Lipinski definition) is 2. The van der Waals surface area contributed by atoms with Gasteiger partial charge in [-0.3, -0.25) is 4.79 Å². The van der Waals surface area contributed by atoms with Crippen molar-refractivity contribution in [1.29, 1.82) is 0 Å². The summed E-state index contributed by atoms with van der Waals surface area (Å²) in [6, 6.07) is 5.62. The van der Waals surface area contributed by atoms with E-state index in [1.165, 1.54) is 4.90 Å². The van der Waals surface area contributed by atoms with Crippen molar-refractivity contribution in [3.8, 4) is 0 Å². The van der Waals surface area contributed by atoms with Gasteiger partial charge in [0.1, 0.15) is 6.54 Å². The second-order valence-corrected chi connectivity index (χ2v) is 4.64. The summed E-state index contributed by atoms with van der Waals surface area (Å²) >= 11 is 0. The SMILES string of the molecule is Cc1ccc(C)c(C2CN(CC(=O)O)C(=O)N2)c1. The Bertz CT molecular complexity index is 499. The molecule has 0 aliphatic carbocycles. The molecular formula is C13H16N2O3. The highest BCUT2D eigenvalue weighted by molar-refractivity contribution is 5.82. The van der Waals surface area contributed by atoms with Gasteiger partial charge in [0.05, 0.1) is 6.04 Å². The fraction of sp³-hybridized carbons (Fsp3) is 0.385. The molecule has 0 radical (unpaired) electrons. The molecular weight excluding hydrogens is 232 g/mol. The molecule has 2 amide bonds. The number of amides is 2. The van der Waals surface area contributed by atoms with Gasteiger partial charge in [-0.25, -0.2) is 4.79 Å². The summed E-state index contributed by atoms with van der Waals surface area (Å²) in [5.74, 6) is -0.994. The number of aryl methyl sites for hydroxylation is 2. The van der Waals surface area contributed by atoms with E-state index in [9.17, 15) is 9.59 Å². The lowest BCUT2D eigenvalue weighted by Crippen LogP contribution is -2.32. The van der Waals surface area contributed by atoms with Crippen LogP contribution in [0.15, 0.2) is 18.2 Å². The maximum Gasteiger partial charge on any atom is 0.323 e. The molecule has 0 aromatic heterocycles. The molecule has 1 unspecified atom stereocenters. The van der Waals surface area contributed by atoms with Gasteiger partial charge in [-0.1, -0.05) is 23.8 Å². The highest BCUT2D eigenvalue weighted by Gasteiger charge is 2.31. The van der Waals surface area contributed by atoms with Gasteiger partial charge >= 0.3 is 12.0 Å². The average Bonchev–Trinajstić information content (AvgIpc) is 2.63. The number of carbonyl (C=O) groups excluding carboxylic acids is 1. The summed E-state index contributed by atoms with van der Waals surface area (Å²) in [5, 5.41) is 11.5. The number of rotatable bonds is 3. The first kappa shape index (κ1) is 12.4. The molecule has 1 aliphatic rings. The molecule has 2 rings (SSSR count). The molecule has 96 valence electrons. The van der Waals surface area contributed by atoms with Crippen LogP contribution in [0.1, 0.15) is 22.7 Å². The van der Waals surface area contributed by atoms with E-state index < -0.39 is 5.97 Å². The molecule has 0 spiro atoms. The summed E-state index contributed by atoms with van der Waals surface area (Å²) in [4.78, 5) is 23.6. The highest BCUT2D eigenvalue weighted by Crippen LogP contribution is 2.24. The number of carboxylic acids is 1. The molecule has 0 bridgehead atoms. The van der Waals surface area contributed by atoms with Crippen LogP contribution in [0.4, 0.5) is 4.79 Å². The van der Waals surface area contributed by atoms with Gasteiger partial charge in [0.25, 0.3) is 0 Å². The molecule has 1 aromatic carbocycles. The Balaban J connectivity index is 2.19. The van der Waals surface area contributed by atoms with E-state index in [1.54, 1.807) is 0 Å². The van der Waals surface area contributed by atoms with E-state index in [2.05, 4.69) is 5.32 Å². The van der Waals surface area contributed by atoms with E-state index in [0.717, 1.165) is 16.7 Å². The normalized spacial score (nSPS) is 18.9. The lowest BCUT2D eigenvalue weighted by Gasteiger charge is -2.14. The van der Waals surface area contributed by atoms with Gasteiger partial charge in [0, 0.05) is 6.54 Å². The quantitative estimate of drug-likeness (QED) is 0.850. The van der Waals surface area contributed by atoms with E-state index in [0.29, 0.717) is 6.54 Å². The van der Waals surface area contributed by atoms with Gasteiger partial charge in [-0.05, 0) is 25.0 Å². The zero-order valence-corrected chi connectivity index (χ0v) is 10.4. The van der Waals surface area contributed by atoms with Crippen LogP contribution in [0.5, 0.6) is 0 Å². The minimum absolute atomic E-state index is 0.128. The number of benzene rings is 1. The van der Waals surface area contributed by atoms with Crippen molar-refractivity contribution in [2.24, 2.45) is 0 Å². The molecule has 1 saturated heterocycles. The third kappa shape index (κ3) is 2.45. The molecule has 1 atom stereocenters. The lowest BCUT2D eigenvalue weighted by atomic mass is 9.99. The Morgan fingerprint density at radius 3 is 2.89 bits per heavy atom. The molecule has 1 aliphatic heterocycles. The van der Waals surface area contributed by atoms with E-state index in [-0.39, 0.29) is 18.6 Å². The number of nitrogens with zero attached hydrogens (tertiary/aromatic N) is 1. The average molecular weight is 248 g/mol. The van der Waals surface area contributed by atoms with Gasteiger partial charge in [-0.15, -0.1) is 0 Å². The van der Waals surface area contributed by atoms with Crippen molar-refractivity contribution in [3.05, 3.63) is 34.9 Å². The molecule has 18 heavy (non-hydrogen) atoms. The summed E-state index contributed by atoms with van der Waals surface area (Å²) in [7, 11) is 0. The summed E-state index contributed by atoms with van der Waals surface area (Å²) in [6.07, 6.45) is 0. The third-order valence-corrected chi connectivity index (χ3v) is 3.12. The second kappa shape index (κ2) is 4.68. The van der Waals surface area contributed by atoms with Crippen LogP contribution in [-0.2, 0) is 4.79 Å². The Hall–Kier alpha value is -2.04. The number of urea groups is 1. The van der Waals surface area contributed by atoms with Crippen molar-refractivity contribution in [1.82, 2.24) is 10.2 Å². The van der Waals surface area contributed by atoms with Gasteiger partial charge < -0.3 is 15.3 Å². The van der Waals surface area contributed by atoms with Crippen LogP contribution in [-0.4, -0.2) is 35.1 Å². The topological polar surface area (TPSA) is 69.6 Å². The zero-order chi connectivity index (χ0) is 13.3. The van der Waals surface area contributed by atoms with Gasteiger partial charge in [-0.2, -0.15) is 0 Å². The van der Waals surface area contributed by atoms with Crippen LogP contribution in [0.25, 0.3) is 0 Å². The first-order valence-corrected chi connectivity index (χ1v) is 5.82. The maximum atomic E-state index is 11.6. The number of hydrogen-bond acceptors (Lipinski definition) is 2. The van der Waals surface area contributed by atoms with Gasteiger partial charge in [0.15, 0.2) is 0 Å². The smallest absolute Gasteiger partial charge is 0.323 e. The van der Waals surface area contributed by atoms with Crippen LogP contribution in [0.2, 0.25) is 0 Å². The summed E-state index contributed by atoms with van der Waals surface area (Å²) in [5.41, 5.74) is 3.28. The van der Waals surface area contributed by atoms with Crippen LogP contribution < -0.4 is 5.32 Å². The predicted octanol–water partition coefficient (Wildman–Crippen LogP) is 1.45. The Morgan fingerprint density at radius 2 is 2.22 bits per heavy atom. The second-order valence-electron chi connectivity index (χ2n) is 4.64. The zero-order valence-electron chi connectivity index (χ0n) is 10.4. The van der Waals surface area contributed by atoms with Crippen molar-refractivity contribution in [2.75, 3.05) is 13.1 Å². The molecule has 2 N–H and O–H groups in total. The Labute approximate surface area is 105 Å². The summed E-state index contributed by atoms with van der Waals surface area (Å²) < 4.78 is 0. The maximum absolute atomic E-state index is 11.6. The third-order valence-electron chi connectivity index (χ3n) is 3.12. The van der Waals surface area contributed by atoms with E-state index in [1.807, 2.05) is 32.0 Å². The first-order chi connectivity index (χ1) is 8.47. The molecule has 1 fully saturated rings. The van der Waals surface area contributed by atoms with Crippen molar-refractivity contribution >= 4 is 12.0 Å². The molecule has 5 nitrogen and oxygen atoms in total. The number of aliphatic carboxylic acids is 1. The monoisotopic (exact) mass is 248 g/mol. The van der Waals surface area contributed by atoms with Gasteiger partial charge in [0.2, 0.25) is 0 Å². The van der Waals surface area contributed by atoms with Crippen LogP contribution in [0, 0.1) is 13.8 Å². The number of carboxylic acid groups (broad SMARTS) is 1. The van der Waals surface area contributed by atoms with Crippen molar-refractivity contribution < 1.29 is 14.7 Å². The van der Waals surface area contributed by atoms with Crippen molar-refractivity contribution in [3.63, 3.8) is 0 Å². The Kier molecular flexibility index (Phi) is 3.23. The Morgan fingerprint density at radius 1 is 1.50 bits per heavy atom. The number of nitrogens with one attached hydrogen (secondary N) is 1. The molecule has 5 heteroatoms. The molecule has 1 heterocycles. The highest BCUT2D eigenvalue weighted by atomic mass is 16.4. The minimum atomic E-state index is -0.994. The van der Waals surface area contributed by atoms with Crippen LogP contribution in [0.3, 0.4) is 0 Å². The fourth-order valence-electron chi connectivity index (χ4n) is 2.20. The van der Waals surface area contributed by atoms with Crippen molar-refractivity contribution in [2.45, 2.75) is 19.9 Å². The fourth-order valence-corrected chi connectivity index (χ4v) is 2.20. The lowest BCUT2D eigenvalue weighted by molar-refractivity contribution is -0.137.